The van der Waals surface area contributed by atoms with Crippen LogP contribution in [0.1, 0.15) is 27.2 Å². The quantitative estimate of drug-likeness (QED) is 0.573. The molecule has 0 unspecified atom stereocenters. The number of carboxylic acids is 1. The van der Waals surface area contributed by atoms with Crippen LogP contribution in [0.2, 0.25) is 0 Å². The van der Waals surface area contributed by atoms with Crippen LogP contribution in [0.5, 0.6) is 0 Å². The van der Waals surface area contributed by atoms with Crippen LogP contribution in [-0.4, -0.2) is 36.0 Å². The van der Waals surface area contributed by atoms with Gasteiger partial charge in [-0.1, -0.05) is 6.92 Å². The molecule has 0 bridgehead atoms. The Hall–Kier alpha value is -1.85. The summed E-state index contributed by atoms with van der Waals surface area (Å²) in [5.74, 6) is -1.98. The van der Waals surface area contributed by atoms with Gasteiger partial charge in [0.05, 0.1) is 6.54 Å². The van der Waals surface area contributed by atoms with E-state index in [1.807, 2.05) is 6.92 Å². The second-order valence-electron chi connectivity index (χ2n) is 3.59. The van der Waals surface area contributed by atoms with Gasteiger partial charge in [-0.25, -0.2) is 4.79 Å². The highest BCUT2D eigenvalue weighted by Crippen LogP contribution is 2.02. The molecule has 0 aliphatic heterocycles. The van der Waals surface area contributed by atoms with E-state index in [1.54, 1.807) is 0 Å². The molecule has 3 N–H and O–H groups in total. The molecule has 0 saturated heterocycles. The number of carboxylic acid groups (broad SMARTS) is 1. The van der Waals surface area contributed by atoms with Gasteiger partial charge in [-0.2, -0.15) is 0 Å². The molecule has 0 atom stereocenters. The maximum Gasteiger partial charge on any atom is 0.331 e. The Bertz CT molecular complexity index is 347. The molecule has 0 aliphatic carbocycles. The first kappa shape index (κ1) is 15.2. The number of hydrogen-bond acceptors (Lipinski definition) is 3. The fraction of sp³-hybridized carbons (Fsp3) is 0.545. The Morgan fingerprint density at radius 1 is 1.06 bits per heavy atom. The third kappa shape index (κ3) is 5.70. The van der Waals surface area contributed by atoms with Gasteiger partial charge >= 0.3 is 5.97 Å². The van der Waals surface area contributed by atoms with Gasteiger partial charge in [-0.05, 0) is 20.3 Å². The van der Waals surface area contributed by atoms with Gasteiger partial charge in [-0.15, -0.1) is 0 Å². The highest BCUT2D eigenvalue weighted by atomic mass is 16.4. The van der Waals surface area contributed by atoms with E-state index in [0.29, 0.717) is 6.54 Å². The predicted octanol–water partition coefficient (Wildman–Crippen LogP) is 0.0498. The molecule has 0 fully saturated rings. The summed E-state index contributed by atoms with van der Waals surface area (Å²) in [6.07, 6.45) is 0.816. The summed E-state index contributed by atoms with van der Waals surface area (Å²) in [5, 5.41) is 13.6. The van der Waals surface area contributed by atoms with Crippen molar-refractivity contribution in [2.75, 3.05) is 13.1 Å². The van der Waals surface area contributed by atoms with Crippen molar-refractivity contribution >= 4 is 17.8 Å². The summed E-state index contributed by atoms with van der Waals surface area (Å²) < 4.78 is 0. The molecule has 0 aliphatic rings. The van der Waals surface area contributed by atoms with Gasteiger partial charge in [0.25, 0.3) is 0 Å². The first-order valence-electron chi connectivity index (χ1n) is 5.35. The van der Waals surface area contributed by atoms with E-state index in [4.69, 9.17) is 5.11 Å². The molecule has 0 spiro atoms. The van der Waals surface area contributed by atoms with E-state index in [0.717, 1.165) is 6.42 Å². The SMILES string of the molecule is CCCNC(=O)CNC(=O)/C(C)=C(/C)C(=O)O. The maximum atomic E-state index is 11.5. The van der Waals surface area contributed by atoms with Gasteiger partial charge in [0.2, 0.25) is 11.8 Å². The van der Waals surface area contributed by atoms with Gasteiger partial charge in [0.15, 0.2) is 0 Å². The summed E-state index contributed by atoms with van der Waals surface area (Å²) in [5.41, 5.74) is 0.0669. The Morgan fingerprint density at radius 3 is 2.12 bits per heavy atom. The van der Waals surface area contributed by atoms with Crippen LogP contribution in [0.15, 0.2) is 11.1 Å². The zero-order valence-electron chi connectivity index (χ0n) is 10.3. The van der Waals surface area contributed by atoms with Crippen LogP contribution in [0, 0.1) is 0 Å². The minimum absolute atomic E-state index is 0.0310. The minimum atomic E-state index is -1.15. The monoisotopic (exact) mass is 242 g/mol. The number of hydrogen-bond donors (Lipinski definition) is 3. The number of rotatable bonds is 6. The summed E-state index contributed by atoms with van der Waals surface area (Å²) in [4.78, 5) is 33.2. The standard InChI is InChI=1S/C11H18N2O4/c1-4-5-12-9(14)6-13-10(15)7(2)8(3)11(16)17/h4-6H2,1-3H3,(H,12,14)(H,13,15)(H,16,17)/b8-7-. The van der Waals surface area contributed by atoms with E-state index in [2.05, 4.69) is 10.6 Å². The lowest BCUT2D eigenvalue weighted by atomic mass is 10.1. The first-order valence-corrected chi connectivity index (χ1v) is 5.35. The van der Waals surface area contributed by atoms with Crippen molar-refractivity contribution in [1.82, 2.24) is 10.6 Å². The van der Waals surface area contributed by atoms with Crippen molar-refractivity contribution in [1.29, 1.82) is 0 Å². The number of carbonyl (C=O) groups excluding carboxylic acids is 2. The molecule has 0 aromatic carbocycles. The van der Waals surface area contributed by atoms with Gasteiger partial charge in [-0.3, -0.25) is 9.59 Å². The molecule has 6 nitrogen and oxygen atoms in total. The number of nitrogens with one attached hydrogen (secondary N) is 2. The molecule has 0 rings (SSSR count). The third-order valence-electron chi connectivity index (χ3n) is 2.21. The number of carbonyl (C=O) groups is 3. The fourth-order valence-corrected chi connectivity index (χ4v) is 0.951. The second kappa shape index (κ2) is 7.43. The maximum absolute atomic E-state index is 11.5. The van der Waals surface area contributed by atoms with Crippen LogP contribution in [0.4, 0.5) is 0 Å². The average Bonchev–Trinajstić information content (AvgIpc) is 2.31. The molecule has 6 heteroatoms. The smallest absolute Gasteiger partial charge is 0.331 e. The first-order chi connectivity index (χ1) is 7.90. The van der Waals surface area contributed by atoms with Gasteiger partial charge < -0.3 is 15.7 Å². The zero-order valence-corrected chi connectivity index (χ0v) is 10.3. The largest absolute Gasteiger partial charge is 0.478 e. The van der Waals surface area contributed by atoms with Crippen molar-refractivity contribution in [2.24, 2.45) is 0 Å². The summed E-state index contributed by atoms with van der Waals surface area (Å²) in [7, 11) is 0. The lowest BCUT2D eigenvalue weighted by Crippen LogP contribution is -2.37. The van der Waals surface area contributed by atoms with Crippen molar-refractivity contribution in [3.05, 3.63) is 11.1 Å². The summed E-state index contributed by atoms with van der Waals surface area (Å²) in [6, 6.07) is 0. The molecule has 17 heavy (non-hydrogen) atoms. The van der Waals surface area contributed by atoms with Crippen LogP contribution in [-0.2, 0) is 14.4 Å². The van der Waals surface area contributed by atoms with E-state index in [1.165, 1.54) is 13.8 Å². The predicted molar refractivity (Wildman–Crippen MR) is 62.3 cm³/mol. The second-order valence-corrected chi connectivity index (χ2v) is 3.59. The lowest BCUT2D eigenvalue weighted by molar-refractivity contribution is -0.133. The van der Waals surface area contributed by atoms with E-state index in [9.17, 15) is 14.4 Å². The average molecular weight is 242 g/mol. The van der Waals surface area contributed by atoms with Crippen LogP contribution < -0.4 is 10.6 Å². The van der Waals surface area contributed by atoms with Crippen molar-refractivity contribution < 1.29 is 19.5 Å². The Morgan fingerprint density at radius 2 is 1.65 bits per heavy atom. The summed E-state index contributed by atoms with van der Waals surface area (Å²) in [6.45, 7) is 5.07. The highest BCUT2D eigenvalue weighted by molar-refractivity contribution is 6.02. The number of aliphatic carboxylic acids is 1. The molecule has 96 valence electrons. The zero-order chi connectivity index (χ0) is 13.4. The molecule has 0 radical (unpaired) electrons. The third-order valence-corrected chi connectivity index (χ3v) is 2.21. The molecule has 0 aromatic rings. The molecular weight excluding hydrogens is 224 g/mol. The molecule has 0 aromatic heterocycles. The van der Waals surface area contributed by atoms with Crippen LogP contribution in [0.25, 0.3) is 0 Å². The molecule has 0 saturated carbocycles. The topological polar surface area (TPSA) is 95.5 Å². The molecule has 2 amide bonds. The fourth-order valence-electron chi connectivity index (χ4n) is 0.951. The Labute approximate surface area is 100 Å². The van der Waals surface area contributed by atoms with Gasteiger partial charge in [0.1, 0.15) is 0 Å². The van der Waals surface area contributed by atoms with Crippen molar-refractivity contribution in [3.63, 3.8) is 0 Å². The highest BCUT2D eigenvalue weighted by Gasteiger charge is 2.13. The van der Waals surface area contributed by atoms with E-state index >= 15 is 0 Å². The lowest BCUT2D eigenvalue weighted by Gasteiger charge is -2.07. The number of amides is 2. The van der Waals surface area contributed by atoms with Crippen molar-refractivity contribution in [3.8, 4) is 0 Å². The molecular formula is C11H18N2O4. The molecule has 0 heterocycles. The Balaban J connectivity index is 4.24. The van der Waals surface area contributed by atoms with E-state index in [-0.39, 0.29) is 23.6 Å². The van der Waals surface area contributed by atoms with Crippen LogP contribution in [0.3, 0.4) is 0 Å². The van der Waals surface area contributed by atoms with E-state index < -0.39 is 11.9 Å². The van der Waals surface area contributed by atoms with Gasteiger partial charge in [0, 0.05) is 17.7 Å². The van der Waals surface area contributed by atoms with Crippen molar-refractivity contribution in [2.45, 2.75) is 27.2 Å². The van der Waals surface area contributed by atoms with Crippen LogP contribution >= 0.6 is 0 Å². The Kier molecular flexibility index (Phi) is 6.62. The summed E-state index contributed by atoms with van der Waals surface area (Å²) >= 11 is 0. The minimum Gasteiger partial charge on any atom is -0.478 e. The normalized spacial score (nSPS) is 11.5.